The van der Waals surface area contributed by atoms with E-state index in [1.54, 1.807) is 12.1 Å². The molecule has 0 fully saturated rings. The maximum Gasteiger partial charge on any atom is 0.164 e. The fourth-order valence-corrected chi connectivity index (χ4v) is 2.49. The van der Waals surface area contributed by atoms with Crippen molar-refractivity contribution >= 4 is 29.0 Å². The molecule has 112 valence electrons. The van der Waals surface area contributed by atoms with Gasteiger partial charge in [-0.1, -0.05) is 50.0 Å². The number of hydrogen-bond donors (Lipinski definition) is 1. The van der Waals surface area contributed by atoms with E-state index in [4.69, 9.17) is 23.2 Å². The van der Waals surface area contributed by atoms with Crippen molar-refractivity contribution in [3.8, 4) is 11.4 Å². The molecule has 2 rings (SSSR count). The fourth-order valence-electron chi connectivity index (χ4n) is 1.93. The second-order valence-electron chi connectivity index (χ2n) is 5.84. The van der Waals surface area contributed by atoms with E-state index in [-0.39, 0.29) is 5.41 Å². The molecule has 0 aliphatic heterocycles. The summed E-state index contributed by atoms with van der Waals surface area (Å²) < 4.78 is 0. The molecular weight excluding hydrogens is 305 g/mol. The summed E-state index contributed by atoms with van der Waals surface area (Å²) in [7, 11) is 0. The predicted octanol–water partition coefficient (Wildman–Crippen LogP) is 5.18. The van der Waals surface area contributed by atoms with Crippen molar-refractivity contribution in [2.75, 3.05) is 11.9 Å². The Morgan fingerprint density at radius 1 is 1.10 bits per heavy atom. The first-order valence-corrected chi connectivity index (χ1v) is 7.66. The minimum atomic E-state index is -0.0877. The van der Waals surface area contributed by atoms with Gasteiger partial charge in [-0.3, -0.25) is 0 Å². The standard InChI is InChI=1S/C16H19Cl2N3/c1-5-19-13-9-12(16(2,3)4)20-15(21-13)14-10(17)7-6-8-11(14)18/h6-9H,5H2,1-4H3,(H,19,20,21). The molecule has 0 aliphatic rings. The van der Waals surface area contributed by atoms with E-state index in [0.717, 1.165) is 18.1 Å². The maximum atomic E-state index is 6.28. The summed E-state index contributed by atoms with van der Waals surface area (Å²) in [6, 6.07) is 7.37. The molecule has 1 heterocycles. The van der Waals surface area contributed by atoms with Crippen LogP contribution in [0.1, 0.15) is 33.4 Å². The quantitative estimate of drug-likeness (QED) is 0.845. The van der Waals surface area contributed by atoms with Crippen LogP contribution in [0, 0.1) is 0 Å². The first-order valence-electron chi connectivity index (χ1n) is 6.90. The number of anilines is 1. The van der Waals surface area contributed by atoms with Crippen molar-refractivity contribution in [1.82, 2.24) is 9.97 Å². The van der Waals surface area contributed by atoms with Gasteiger partial charge in [-0.2, -0.15) is 0 Å². The molecule has 1 aromatic carbocycles. The molecule has 3 nitrogen and oxygen atoms in total. The normalized spacial score (nSPS) is 11.5. The van der Waals surface area contributed by atoms with Gasteiger partial charge < -0.3 is 5.32 Å². The molecule has 0 unspecified atom stereocenters. The third kappa shape index (κ3) is 3.66. The Morgan fingerprint density at radius 3 is 2.24 bits per heavy atom. The minimum absolute atomic E-state index is 0.0877. The van der Waals surface area contributed by atoms with Crippen molar-refractivity contribution in [3.63, 3.8) is 0 Å². The van der Waals surface area contributed by atoms with E-state index in [1.165, 1.54) is 0 Å². The van der Waals surface area contributed by atoms with Crippen LogP contribution in [0.15, 0.2) is 24.3 Å². The van der Waals surface area contributed by atoms with Gasteiger partial charge in [0.05, 0.1) is 21.3 Å². The molecule has 21 heavy (non-hydrogen) atoms. The number of rotatable bonds is 3. The van der Waals surface area contributed by atoms with Crippen molar-refractivity contribution in [1.29, 1.82) is 0 Å². The van der Waals surface area contributed by atoms with Crippen LogP contribution in [-0.2, 0) is 5.41 Å². The largest absolute Gasteiger partial charge is 0.370 e. The maximum absolute atomic E-state index is 6.28. The molecule has 0 saturated heterocycles. The van der Waals surface area contributed by atoms with Crippen molar-refractivity contribution in [2.45, 2.75) is 33.1 Å². The van der Waals surface area contributed by atoms with Crippen LogP contribution < -0.4 is 5.32 Å². The van der Waals surface area contributed by atoms with E-state index < -0.39 is 0 Å². The Balaban J connectivity index is 2.65. The van der Waals surface area contributed by atoms with Gasteiger partial charge in [0.25, 0.3) is 0 Å². The van der Waals surface area contributed by atoms with Crippen molar-refractivity contribution in [2.24, 2.45) is 0 Å². The van der Waals surface area contributed by atoms with Gasteiger partial charge in [0.2, 0.25) is 0 Å². The van der Waals surface area contributed by atoms with E-state index in [2.05, 4.69) is 36.1 Å². The number of halogens is 2. The second-order valence-corrected chi connectivity index (χ2v) is 6.65. The summed E-state index contributed by atoms with van der Waals surface area (Å²) in [5, 5.41) is 4.34. The Bertz CT molecular complexity index is 628. The van der Waals surface area contributed by atoms with Gasteiger partial charge in [-0.05, 0) is 19.1 Å². The highest BCUT2D eigenvalue weighted by molar-refractivity contribution is 6.38. The number of hydrogen-bond acceptors (Lipinski definition) is 3. The first-order chi connectivity index (χ1) is 9.82. The summed E-state index contributed by atoms with van der Waals surface area (Å²) in [6.45, 7) is 9.16. The van der Waals surface area contributed by atoms with Gasteiger partial charge in [-0.25, -0.2) is 9.97 Å². The molecule has 1 aromatic heterocycles. The lowest BCUT2D eigenvalue weighted by Gasteiger charge is -2.20. The van der Waals surface area contributed by atoms with Gasteiger partial charge in [0.15, 0.2) is 5.82 Å². The molecule has 0 saturated carbocycles. The lowest BCUT2D eigenvalue weighted by Crippen LogP contribution is -2.16. The van der Waals surface area contributed by atoms with Crippen LogP contribution in [-0.4, -0.2) is 16.5 Å². The van der Waals surface area contributed by atoms with Crippen LogP contribution in [0.2, 0.25) is 10.0 Å². The Hall–Kier alpha value is -1.32. The lowest BCUT2D eigenvalue weighted by atomic mass is 9.91. The average molecular weight is 324 g/mol. The van der Waals surface area contributed by atoms with Gasteiger partial charge >= 0.3 is 0 Å². The minimum Gasteiger partial charge on any atom is -0.370 e. The van der Waals surface area contributed by atoms with E-state index in [1.807, 2.05) is 19.1 Å². The molecule has 2 aromatic rings. The van der Waals surface area contributed by atoms with Crippen LogP contribution in [0.4, 0.5) is 5.82 Å². The molecular formula is C16H19Cl2N3. The molecule has 0 radical (unpaired) electrons. The van der Waals surface area contributed by atoms with Crippen LogP contribution in [0.5, 0.6) is 0 Å². The average Bonchev–Trinajstić information content (AvgIpc) is 2.37. The molecule has 0 amide bonds. The van der Waals surface area contributed by atoms with Gasteiger partial charge in [-0.15, -0.1) is 0 Å². The monoisotopic (exact) mass is 323 g/mol. The van der Waals surface area contributed by atoms with E-state index in [9.17, 15) is 0 Å². The van der Waals surface area contributed by atoms with Crippen LogP contribution in [0.25, 0.3) is 11.4 Å². The highest BCUT2D eigenvalue weighted by atomic mass is 35.5. The zero-order valence-corrected chi connectivity index (χ0v) is 14.2. The zero-order valence-electron chi connectivity index (χ0n) is 12.7. The summed E-state index contributed by atoms with van der Waals surface area (Å²) >= 11 is 12.6. The molecule has 0 aliphatic carbocycles. The summed E-state index contributed by atoms with van der Waals surface area (Å²) in [5.74, 6) is 1.33. The Labute approximate surface area is 135 Å². The van der Waals surface area contributed by atoms with Crippen molar-refractivity contribution in [3.05, 3.63) is 40.0 Å². The zero-order chi connectivity index (χ0) is 15.6. The smallest absolute Gasteiger partial charge is 0.164 e. The molecule has 0 spiro atoms. The summed E-state index contributed by atoms with van der Waals surface area (Å²) in [6.07, 6.45) is 0. The SMILES string of the molecule is CCNc1cc(C(C)(C)C)nc(-c2c(Cl)cccc2Cl)n1. The van der Waals surface area contributed by atoms with Gasteiger partial charge in [0, 0.05) is 18.0 Å². The molecule has 0 atom stereocenters. The summed E-state index contributed by atoms with van der Waals surface area (Å²) in [4.78, 5) is 9.20. The topological polar surface area (TPSA) is 37.8 Å². The predicted molar refractivity (Wildman–Crippen MR) is 90.4 cm³/mol. The number of nitrogens with zero attached hydrogens (tertiary/aromatic N) is 2. The van der Waals surface area contributed by atoms with Crippen molar-refractivity contribution < 1.29 is 0 Å². The van der Waals surface area contributed by atoms with Crippen LogP contribution in [0.3, 0.4) is 0 Å². The lowest BCUT2D eigenvalue weighted by molar-refractivity contribution is 0.568. The third-order valence-electron chi connectivity index (χ3n) is 3.04. The highest BCUT2D eigenvalue weighted by Gasteiger charge is 2.20. The van der Waals surface area contributed by atoms with E-state index in [0.29, 0.717) is 21.4 Å². The highest BCUT2D eigenvalue weighted by Crippen LogP contribution is 2.34. The first kappa shape index (κ1) is 16.1. The van der Waals surface area contributed by atoms with Gasteiger partial charge in [0.1, 0.15) is 5.82 Å². The number of nitrogens with one attached hydrogen (secondary N) is 1. The Kier molecular flexibility index (Phi) is 4.74. The number of benzene rings is 1. The summed E-state index contributed by atoms with van der Waals surface area (Å²) in [5.41, 5.74) is 1.53. The second kappa shape index (κ2) is 6.20. The van der Waals surface area contributed by atoms with Crippen LogP contribution >= 0.6 is 23.2 Å². The number of aromatic nitrogens is 2. The molecule has 1 N–H and O–H groups in total. The third-order valence-corrected chi connectivity index (χ3v) is 3.67. The molecule has 5 heteroatoms. The fraction of sp³-hybridized carbons (Fsp3) is 0.375. The Morgan fingerprint density at radius 2 is 1.71 bits per heavy atom. The van der Waals surface area contributed by atoms with E-state index >= 15 is 0 Å². The molecule has 0 bridgehead atoms.